The summed E-state index contributed by atoms with van der Waals surface area (Å²) in [6.07, 6.45) is 2.45. The second-order valence-electron chi connectivity index (χ2n) is 4.25. The van der Waals surface area contributed by atoms with Crippen LogP contribution in [0.5, 0.6) is 0 Å². The highest BCUT2D eigenvalue weighted by Crippen LogP contribution is 2.19. The summed E-state index contributed by atoms with van der Waals surface area (Å²) in [6, 6.07) is 5.31. The number of aromatic nitrogens is 1. The number of nitrogens with one attached hydrogen (secondary N) is 2. The van der Waals surface area contributed by atoms with Crippen molar-refractivity contribution in [3.8, 4) is 0 Å². The van der Waals surface area contributed by atoms with E-state index < -0.39 is 15.3 Å². The molecule has 0 amide bonds. The normalized spacial score (nSPS) is 22.5. The molecule has 0 radical (unpaired) electrons. The van der Waals surface area contributed by atoms with Crippen LogP contribution in [0.3, 0.4) is 0 Å². The van der Waals surface area contributed by atoms with E-state index in [1.807, 2.05) is 0 Å². The Morgan fingerprint density at radius 3 is 2.94 bits per heavy atom. The van der Waals surface area contributed by atoms with Crippen LogP contribution in [0.2, 0.25) is 0 Å². The molecule has 0 aromatic carbocycles. The fourth-order valence-corrected chi connectivity index (χ4v) is 3.19. The van der Waals surface area contributed by atoms with E-state index in [1.54, 1.807) is 31.3 Å². The van der Waals surface area contributed by atoms with Crippen LogP contribution >= 0.6 is 0 Å². The highest BCUT2D eigenvalue weighted by atomic mass is 32.2. The summed E-state index contributed by atoms with van der Waals surface area (Å²) < 4.78 is 26.9. The summed E-state index contributed by atoms with van der Waals surface area (Å²) in [5.41, 5.74) is 0.575. The average Bonchev–Trinajstić information content (AvgIpc) is 2.81. The molecule has 2 rings (SSSR count). The molecule has 0 bridgehead atoms. The van der Waals surface area contributed by atoms with E-state index in [0.717, 1.165) is 13.0 Å². The van der Waals surface area contributed by atoms with Gasteiger partial charge in [-0.2, -0.15) is 0 Å². The lowest BCUT2D eigenvalue weighted by molar-refractivity contribution is 0.549. The Morgan fingerprint density at radius 2 is 2.35 bits per heavy atom. The molecule has 1 aromatic rings. The molecule has 2 N–H and O–H groups in total. The van der Waals surface area contributed by atoms with E-state index in [-0.39, 0.29) is 6.04 Å². The number of rotatable bonds is 4. The maximum atomic E-state index is 12.1. The van der Waals surface area contributed by atoms with Crippen molar-refractivity contribution in [3.63, 3.8) is 0 Å². The monoisotopic (exact) mass is 255 g/mol. The number of hydrogen-bond donors (Lipinski definition) is 2. The van der Waals surface area contributed by atoms with Gasteiger partial charge >= 0.3 is 0 Å². The van der Waals surface area contributed by atoms with Gasteiger partial charge in [-0.3, -0.25) is 4.98 Å². The third kappa shape index (κ3) is 3.02. The third-order valence-corrected chi connectivity index (χ3v) is 4.80. The van der Waals surface area contributed by atoms with E-state index in [1.165, 1.54) is 0 Å². The summed E-state index contributed by atoms with van der Waals surface area (Å²) in [6.45, 7) is 3.23. The molecule has 1 aliphatic heterocycles. The molecule has 94 valence electrons. The van der Waals surface area contributed by atoms with E-state index in [9.17, 15) is 8.42 Å². The average molecular weight is 255 g/mol. The van der Waals surface area contributed by atoms with Gasteiger partial charge in [0.25, 0.3) is 0 Å². The lowest BCUT2D eigenvalue weighted by Gasteiger charge is -2.16. The summed E-state index contributed by atoms with van der Waals surface area (Å²) >= 11 is 0. The Hall–Kier alpha value is -0.980. The highest BCUT2D eigenvalue weighted by molar-refractivity contribution is 7.89. The van der Waals surface area contributed by atoms with Gasteiger partial charge in [-0.1, -0.05) is 6.07 Å². The fraction of sp³-hybridized carbons (Fsp3) is 0.545. The maximum Gasteiger partial charge on any atom is 0.220 e. The van der Waals surface area contributed by atoms with Gasteiger partial charge in [0.1, 0.15) is 5.25 Å². The molecule has 0 aliphatic carbocycles. The second kappa shape index (κ2) is 5.12. The Morgan fingerprint density at radius 1 is 1.53 bits per heavy atom. The molecular weight excluding hydrogens is 238 g/mol. The van der Waals surface area contributed by atoms with Gasteiger partial charge in [-0.15, -0.1) is 0 Å². The SMILES string of the molecule is C[C@H](c1ccccn1)S(=O)(=O)N[C@@H]1CCNC1. The van der Waals surface area contributed by atoms with E-state index >= 15 is 0 Å². The first-order chi connectivity index (χ1) is 8.09. The number of hydrogen-bond acceptors (Lipinski definition) is 4. The fourth-order valence-electron chi connectivity index (χ4n) is 1.87. The van der Waals surface area contributed by atoms with Crippen LogP contribution in [-0.2, 0) is 10.0 Å². The molecule has 1 aliphatic rings. The van der Waals surface area contributed by atoms with Gasteiger partial charge in [0, 0.05) is 18.8 Å². The number of sulfonamides is 1. The van der Waals surface area contributed by atoms with Crippen molar-refractivity contribution in [1.29, 1.82) is 0 Å². The molecule has 2 heterocycles. The number of pyridine rings is 1. The van der Waals surface area contributed by atoms with Crippen LogP contribution < -0.4 is 10.0 Å². The van der Waals surface area contributed by atoms with Crippen molar-refractivity contribution in [2.24, 2.45) is 0 Å². The highest BCUT2D eigenvalue weighted by Gasteiger charge is 2.27. The van der Waals surface area contributed by atoms with Crippen molar-refractivity contribution >= 4 is 10.0 Å². The maximum absolute atomic E-state index is 12.1. The Labute approximate surface area is 102 Å². The van der Waals surface area contributed by atoms with Crippen LogP contribution in [-0.4, -0.2) is 32.5 Å². The quantitative estimate of drug-likeness (QED) is 0.818. The molecule has 1 saturated heterocycles. The van der Waals surface area contributed by atoms with Crippen molar-refractivity contribution in [3.05, 3.63) is 30.1 Å². The minimum atomic E-state index is -3.35. The van der Waals surface area contributed by atoms with Gasteiger partial charge in [0.2, 0.25) is 10.0 Å². The molecule has 17 heavy (non-hydrogen) atoms. The van der Waals surface area contributed by atoms with E-state index in [0.29, 0.717) is 12.2 Å². The van der Waals surface area contributed by atoms with Crippen LogP contribution in [0, 0.1) is 0 Å². The molecule has 2 atom stereocenters. The lowest BCUT2D eigenvalue weighted by atomic mass is 10.3. The zero-order valence-electron chi connectivity index (χ0n) is 9.76. The Balaban J connectivity index is 2.09. The predicted octanol–water partition coefficient (Wildman–Crippen LogP) is 0.424. The lowest BCUT2D eigenvalue weighted by Crippen LogP contribution is -2.38. The molecule has 0 spiro atoms. The van der Waals surface area contributed by atoms with Gasteiger partial charge in [-0.05, 0) is 32.0 Å². The second-order valence-corrected chi connectivity index (χ2v) is 6.28. The largest absolute Gasteiger partial charge is 0.315 e. The van der Waals surface area contributed by atoms with E-state index in [2.05, 4.69) is 15.0 Å². The smallest absolute Gasteiger partial charge is 0.220 e. The van der Waals surface area contributed by atoms with Crippen molar-refractivity contribution in [2.45, 2.75) is 24.6 Å². The van der Waals surface area contributed by atoms with Crippen LogP contribution in [0.25, 0.3) is 0 Å². The zero-order valence-corrected chi connectivity index (χ0v) is 10.6. The minimum Gasteiger partial charge on any atom is -0.315 e. The molecule has 1 fully saturated rings. The zero-order chi connectivity index (χ0) is 12.3. The molecule has 0 saturated carbocycles. The van der Waals surface area contributed by atoms with Gasteiger partial charge in [-0.25, -0.2) is 13.1 Å². The van der Waals surface area contributed by atoms with Gasteiger partial charge in [0.05, 0.1) is 5.69 Å². The first-order valence-electron chi connectivity index (χ1n) is 5.72. The summed E-state index contributed by atoms with van der Waals surface area (Å²) in [5.74, 6) is 0. The standard InChI is InChI=1S/C11H17N3O2S/c1-9(11-4-2-3-6-13-11)17(15,16)14-10-5-7-12-8-10/h2-4,6,9-10,12,14H,5,7-8H2,1H3/t9-,10-/m1/s1. The number of nitrogens with zero attached hydrogens (tertiary/aromatic N) is 1. The topological polar surface area (TPSA) is 71.1 Å². The minimum absolute atomic E-state index is 0.00571. The van der Waals surface area contributed by atoms with Crippen molar-refractivity contribution in [2.75, 3.05) is 13.1 Å². The predicted molar refractivity (Wildman–Crippen MR) is 66.0 cm³/mol. The molecular formula is C11H17N3O2S. The van der Waals surface area contributed by atoms with Gasteiger partial charge in [0.15, 0.2) is 0 Å². The van der Waals surface area contributed by atoms with Gasteiger partial charge < -0.3 is 5.32 Å². The molecule has 5 nitrogen and oxygen atoms in total. The molecule has 1 aromatic heterocycles. The van der Waals surface area contributed by atoms with Crippen LogP contribution in [0.15, 0.2) is 24.4 Å². The Kier molecular flexibility index (Phi) is 3.76. The Bertz CT molecular complexity index is 455. The summed E-state index contributed by atoms with van der Waals surface area (Å²) in [7, 11) is -3.35. The first-order valence-corrected chi connectivity index (χ1v) is 7.27. The van der Waals surface area contributed by atoms with Crippen LogP contribution in [0.1, 0.15) is 24.3 Å². The van der Waals surface area contributed by atoms with Crippen molar-refractivity contribution < 1.29 is 8.42 Å². The molecule has 6 heteroatoms. The third-order valence-electron chi connectivity index (χ3n) is 2.96. The summed E-state index contributed by atoms with van der Waals surface area (Å²) in [4.78, 5) is 4.08. The molecule has 0 unspecified atom stereocenters. The van der Waals surface area contributed by atoms with Crippen molar-refractivity contribution in [1.82, 2.24) is 15.0 Å². The first kappa shape index (κ1) is 12.5. The summed E-state index contributed by atoms with van der Waals surface area (Å²) in [5, 5.41) is 2.51. The van der Waals surface area contributed by atoms with E-state index in [4.69, 9.17) is 0 Å². The van der Waals surface area contributed by atoms with Crippen LogP contribution in [0.4, 0.5) is 0 Å².